The summed E-state index contributed by atoms with van der Waals surface area (Å²) in [4.78, 5) is 0. The third-order valence-electron chi connectivity index (χ3n) is 2.87. The molecule has 1 aliphatic heterocycles. The highest BCUT2D eigenvalue weighted by Crippen LogP contribution is 2.39. The largest absolute Gasteiger partial charge is 0.390 e. The molecular weight excluding hydrogens is 152 g/mol. The van der Waals surface area contributed by atoms with Gasteiger partial charge in [0.05, 0.1) is 17.3 Å². The third kappa shape index (κ3) is 2.46. The van der Waals surface area contributed by atoms with E-state index in [1.807, 2.05) is 13.8 Å². The summed E-state index contributed by atoms with van der Waals surface area (Å²) in [5.41, 5.74) is -0.425. The first-order valence-corrected chi connectivity index (χ1v) is 4.77. The Morgan fingerprint density at radius 3 is 2.33 bits per heavy atom. The molecule has 1 fully saturated rings. The van der Waals surface area contributed by atoms with E-state index in [1.54, 1.807) is 0 Å². The Balaban J connectivity index is 2.19. The van der Waals surface area contributed by atoms with Crippen LogP contribution in [0.4, 0.5) is 0 Å². The molecule has 1 unspecified atom stereocenters. The second kappa shape index (κ2) is 3.00. The molecule has 0 spiro atoms. The molecule has 1 heterocycles. The Labute approximate surface area is 74.9 Å². The summed E-state index contributed by atoms with van der Waals surface area (Å²) in [6.07, 6.45) is 3.02. The lowest BCUT2D eigenvalue weighted by atomic mass is 9.94. The van der Waals surface area contributed by atoms with E-state index >= 15 is 0 Å². The summed E-state index contributed by atoms with van der Waals surface area (Å²) in [7, 11) is 0. The van der Waals surface area contributed by atoms with E-state index in [9.17, 15) is 5.11 Å². The summed E-state index contributed by atoms with van der Waals surface area (Å²) < 4.78 is 5.43. The Morgan fingerprint density at radius 2 is 2.00 bits per heavy atom. The minimum Gasteiger partial charge on any atom is -0.390 e. The van der Waals surface area contributed by atoms with Crippen molar-refractivity contribution in [2.24, 2.45) is 0 Å². The van der Waals surface area contributed by atoms with Crippen LogP contribution in [-0.4, -0.2) is 22.4 Å². The summed E-state index contributed by atoms with van der Waals surface area (Å²) >= 11 is 0. The number of hydrogen-bond acceptors (Lipinski definition) is 2. The van der Waals surface area contributed by atoms with Gasteiger partial charge >= 0.3 is 0 Å². The van der Waals surface area contributed by atoms with E-state index in [1.165, 1.54) is 0 Å². The molecule has 72 valence electrons. The molecule has 1 rings (SSSR count). The van der Waals surface area contributed by atoms with Gasteiger partial charge in [-0.15, -0.1) is 0 Å². The van der Waals surface area contributed by atoms with Crippen LogP contribution in [0.3, 0.4) is 0 Å². The lowest BCUT2D eigenvalue weighted by Gasteiger charge is -2.20. The van der Waals surface area contributed by atoms with Crippen LogP contribution in [0.15, 0.2) is 0 Å². The standard InChI is InChI=1S/C10H20O2/c1-5-10(4,11)7-6-8-9(2,3)12-8/h8,11H,5-7H2,1-4H3/t8?,10-/m1/s1. The monoisotopic (exact) mass is 172 g/mol. The Bertz CT molecular complexity index is 161. The van der Waals surface area contributed by atoms with Crippen molar-refractivity contribution in [3.8, 4) is 0 Å². The van der Waals surface area contributed by atoms with Crippen LogP contribution >= 0.6 is 0 Å². The van der Waals surface area contributed by atoms with Gasteiger partial charge in [0.1, 0.15) is 0 Å². The molecule has 2 nitrogen and oxygen atoms in total. The summed E-state index contributed by atoms with van der Waals surface area (Å²) in [6, 6.07) is 0. The average molecular weight is 172 g/mol. The lowest BCUT2D eigenvalue weighted by molar-refractivity contribution is 0.0428. The third-order valence-corrected chi connectivity index (χ3v) is 2.87. The van der Waals surface area contributed by atoms with Gasteiger partial charge in [0.25, 0.3) is 0 Å². The second-order valence-electron chi connectivity index (χ2n) is 4.60. The zero-order valence-electron chi connectivity index (χ0n) is 8.55. The molecule has 2 heteroatoms. The van der Waals surface area contributed by atoms with E-state index in [-0.39, 0.29) is 5.60 Å². The van der Waals surface area contributed by atoms with Crippen molar-refractivity contribution in [2.75, 3.05) is 0 Å². The van der Waals surface area contributed by atoms with Gasteiger partial charge in [0.15, 0.2) is 0 Å². The van der Waals surface area contributed by atoms with Gasteiger partial charge < -0.3 is 9.84 Å². The first kappa shape index (κ1) is 10.0. The molecule has 0 radical (unpaired) electrons. The quantitative estimate of drug-likeness (QED) is 0.659. The highest BCUT2D eigenvalue weighted by atomic mass is 16.6. The van der Waals surface area contributed by atoms with E-state index in [0.717, 1.165) is 19.3 Å². The minimum absolute atomic E-state index is 0.0732. The minimum atomic E-state index is -0.498. The average Bonchev–Trinajstić information content (AvgIpc) is 2.56. The van der Waals surface area contributed by atoms with Crippen molar-refractivity contribution in [3.05, 3.63) is 0 Å². The van der Waals surface area contributed by atoms with Crippen LogP contribution in [0.1, 0.15) is 47.0 Å². The zero-order valence-corrected chi connectivity index (χ0v) is 8.55. The Kier molecular flexibility index (Phi) is 2.50. The SMILES string of the molecule is CC[C@@](C)(O)CCC1OC1(C)C. The molecule has 1 N–H and O–H groups in total. The fraction of sp³-hybridized carbons (Fsp3) is 1.00. The normalized spacial score (nSPS) is 31.2. The van der Waals surface area contributed by atoms with Crippen molar-refractivity contribution >= 4 is 0 Å². The predicted octanol–water partition coefficient (Wildman–Crippen LogP) is 2.10. The molecule has 12 heavy (non-hydrogen) atoms. The molecule has 0 aromatic rings. The molecule has 2 atom stereocenters. The Hall–Kier alpha value is -0.0800. The van der Waals surface area contributed by atoms with Crippen molar-refractivity contribution in [3.63, 3.8) is 0 Å². The van der Waals surface area contributed by atoms with Crippen molar-refractivity contribution in [1.29, 1.82) is 0 Å². The first-order chi connectivity index (χ1) is 5.37. The fourth-order valence-corrected chi connectivity index (χ4v) is 1.36. The van der Waals surface area contributed by atoms with Gasteiger partial charge in [-0.2, -0.15) is 0 Å². The number of ether oxygens (including phenoxy) is 1. The number of epoxide rings is 1. The van der Waals surface area contributed by atoms with Crippen LogP contribution in [0.2, 0.25) is 0 Å². The molecule has 0 bridgehead atoms. The summed E-state index contributed by atoms with van der Waals surface area (Å²) in [6.45, 7) is 8.10. The fourth-order valence-electron chi connectivity index (χ4n) is 1.36. The van der Waals surface area contributed by atoms with Crippen LogP contribution < -0.4 is 0 Å². The zero-order chi connectivity index (χ0) is 9.41. The van der Waals surface area contributed by atoms with Crippen LogP contribution in [0.25, 0.3) is 0 Å². The first-order valence-electron chi connectivity index (χ1n) is 4.77. The van der Waals surface area contributed by atoms with E-state index in [4.69, 9.17) is 4.74 Å². The number of rotatable bonds is 4. The van der Waals surface area contributed by atoms with Crippen molar-refractivity contribution in [1.82, 2.24) is 0 Å². The molecule has 0 aliphatic carbocycles. The maximum atomic E-state index is 9.71. The summed E-state index contributed by atoms with van der Waals surface area (Å²) in [5, 5.41) is 9.71. The second-order valence-corrected chi connectivity index (χ2v) is 4.60. The number of hydrogen-bond donors (Lipinski definition) is 1. The predicted molar refractivity (Wildman–Crippen MR) is 49.1 cm³/mol. The van der Waals surface area contributed by atoms with Crippen LogP contribution in [-0.2, 0) is 4.74 Å². The van der Waals surface area contributed by atoms with Gasteiger partial charge in [-0.3, -0.25) is 0 Å². The van der Waals surface area contributed by atoms with Gasteiger partial charge in [0, 0.05) is 0 Å². The highest BCUT2D eigenvalue weighted by Gasteiger charge is 2.47. The maximum absolute atomic E-state index is 9.71. The molecule has 1 aliphatic rings. The van der Waals surface area contributed by atoms with Crippen LogP contribution in [0.5, 0.6) is 0 Å². The molecule has 1 saturated heterocycles. The van der Waals surface area contributed by atoms with Crippen LogP contribution in [0, 0.1) is 0 Å². The maximum Gasteiger partial charge on any atom is 0.0892 e. The molecule has 0 aromatic carbocycles. The summed E-state index contributed by atoms with van der Waals surface area (Å²) in [5.74, 6) is 0. The topological polar surface area (TPSA) is 32.8 Å². The Morgan fingerprint density at radius 1 is 1.50 bits per heavy atom. The number of aliphatic hydroxyl groups is 1. The van der Waals surface area contributed by atoms with Gasteiger partial charge in [-0.25, -0.2) is 0 Å². The van der Waals surface area contributed by atoms with E-state index in [0.29, 0.717) is 6.10 Å². The molecule has 0 aromatic heterocycles. The van der Waals surface area contributed by atoms with E-state index in [2.05, 4.69) is 13.8 Å². The van der Waals surface area contributed by atoms with Crippen molar-refractivity contribution in [2.45, 2.75) is 64.3 Å². The molecular formula is C10H20O2. The van der Waals surface area contributed by atoms with E-state index < -0.39 is 5.60 Å². The molecule has 0 saturated carbocycles. The van der Waals surface area contributed by atoms with Gasteiger partial charge in [-0.1, -0.05) is 6.92 Å². The van der Waals surface area contributed by atoms with Crippen molar-refractivity contribution < 1.29 is 9.84 Å². The van der Waals surface area contributed by atoms with Gasteiger partial charge in [-0.05, 0) is 40.0 Å². The smallest absolute Gasteiger partial charge is 0.0892 e. The molecule has 0 amide bonds. The van der Waals surface area contributed by atoms with Gasteiger partial charge in [0.2, 0.25) is 0 Å². The highest BCUT2D eigenvalue weighted by molar-refractivity contribution is 4.95. The lowest BCUT2D eigenvalue weighted by Crippen LogP contribution is -2.23.